The third-order valence-corrected chi connectivity index (χ3v) is 4.76. The van der Waals surface area contributed by atoms with Gasteiger partial charge < -0.3 is 5.32 Å². The van der Waals surface area contributed by atoms with Crippen molar-refractivity contribution in [3.05, 3.63) is 29.4 Å². The zero-order chi connectivity index (χ0) is 15.3. The third kappa shape index (κ3) is 4.67. The van der Waals surface area contributed by atoms with Gasteiger partial charge in [0.25, 0.3) is 0 Å². The van der Waals surface area contributed by atoms with Crippen molar-refractivity contribution in [3.63, 3.8) is 0 Å². The summed E-state index contributed by atoms with van der Waals surface area (Å²) in [6.45, 7) is 0.868. The van der Waals surface area contributed by atoms with E-state index in [9.17, 15) is 8.42 Å². The maximum Gasteiger partial charge on any atom is 0.225 e. The first-order valence-corrected chi connectivity index (χ1v) is 8.76. The molecule has 0 atom stereocenters. The summed E-state index contributed by atoms with van der Waals surface area (Å²) < 4.78 is 24.7. The highest BCUT2D eigenvalue weighted by atomic mass is 35.5. The fraction of sp³-hybridized carbons (Fsp3) is 0.333. The lowest BCUT2D eigenvalue weighted by molar-refractivity contribution is 0.585. The van der Waals surface area contributed by atoms with E-state index in [1.807, 2.05) is 12.1 Å². The highest BCUT2D eigenvalue weighted by molar-refractivity contribution is 7.90. The molecule has 0 amide bonds. The van der Waals surface area contributed by atoms with E-state index in [0.29, 0.717) is 30.4 Å². The number of nitrogens with zero attached hydrogens (tertiary/aromatic N) is 2. The Bertz CT molecular complexity index is 724. The summed E-state index contributed by atoms with van der Waals surface area (Å²) >= 11 is 11.2. The van der Waals surface area contributed by atoms with Crippen LogP contribution in [0.4, 0.5) is 5.82 Å². The van der Waals surface area contributed by atoms with Crippen LogP contribution in [0, 0.1) is 0 Å². The van der Waals surface area contributed by atoms with Crippen LogP contribution in [0.1, 0.15) is 6.42 Å². The lowest BCUT2D eigenvalue weighted by atomic mass is 10.2. The van der Waals surface area contributed by atoms with E-state index in [4.69, 9.17) is 23.2 Å². The Morgan fingerprint density at radius 3 is 2.81 bits per heavy atom. The van der Waals surface area contributed by atoms with Crippen LogP contribution in [-0.2, 0) is 10.0 Å². The number of benzene rings is 1. The van der Waals surface area contributed by atoms with Gasteiger partial charge in [-0.25, -0.2) is 13.1 Å². The van der Waals surface area contributed by atoms with Crippen LogP contribution in [0.5, 0.6) is 0 Å². The molecule has 2 N–H and O–H groups in total. The normalized spacial score (nSPS) is 11.7. The Morgan fingerprint density at radius 2 is 2.05 bits per heavy atom. The SMILES string of the molecule is O=S(=O)(CCl)NCCCNc1nncc2cc(Cl)ccc12. The van der Waals surface area contributed by atoms with Crippen LogP contribution in [0.3, 0.4) is 0 Å². The standard InChI is InChI=1S/C12H14Cl2N4O2S/c13-8-21(19,20)17-5-1-4-15-12-11-3-2-10(14)6-9(11)7-16-18-12/h2-3,6-7,17H,1,4-5,8H2,(H,15,18). The Kier molecular flexibility index (Phi) is 5.58. The Labute approximate surface area is 132 Å². The number of aromatic nitrogens is 2. The average molecular weight is 349 g/mol. The van der Waals surface area contributed by atoms with E-state index in [1.165, 1.54) is 0 Å². The molecule has 2 aromatic rings. The summed E-state index contributed by atoms with van der Waals surface area (Å²) in [5.41, 5.74) is 0. The van der Waals surface area contributed by atoms with Crippen LogP contribution >= 0.6 is 23.2 Å². The molecule has 9 heteroatoms. The third-order valence-electron chi connectivity index (χ3n) is 2.73. The minimum atomic E-state index is -3.36. The van der Waals surface area contributed by atoms with Crippen LogP contribution in [0.25, 0.3) is 10.8 Å². The number of anilines is 1. The second kappa shape index (κ2) is 7.22. The van der Waals surface area contributed by atoms with Crippen molar-refractivity contribution in [1.82, 2.24) is 14.9 Å². The fourth-order valence-corrected chi connectivity index (χ4v) is 2.70. The molecule has 1 heterocycles. The van der Waals surface area contributed by atoms with Gasteiger partial charge in [-0.2, -0.15) is 5.10 Å². The quantitative estimate of drug-likeness (QED) is 0.591. The van der Waals surface area contributed by atoms with Gasteiger partial charge >= 0.3 is 0 Å². The Hall–Kier alpha value is -1.15. The molecule has 0 radical (unpaired) electrons. The van der Waals surface area contributed by atoms with Crippen LogP contribution in [-0.4, -0.2) is 36.9 Å². The first-order chi connectivity index (χ1) is 10.0. The highest BCUT2D eigenvalue weighted by Gasteiger charge is 2.06. The molecule has 0 unspecified atom stereocenters. The molecule has 0 aliphatic rings. The van der Waals surface area contributed by atoms with Crippen molar-refractivity contribution in [2.75, 3.05) is 23.6 Å². The maximum atomic E-state index is 11.1. The molecule has 2 rings (SSSR count). The molecule has 6 nitrogen and oxygen atoms in total. The number of hydrogen-bond acceptors (Lipinski definition) is 5. The molecule has 114 valence electrons. The molecule has 0 saturated heterocycles. The number of sulfonamides is 1. The van der Waals surface area contributed by atoms with Crippen molar-refractivity contribution in [1.29, 1.82) is 0 Å². The number of rotatable bonds is 7. The van der Waals surface area contributed by atoms with E-state index >= 15 is 0 Å². The average Bonchev–Trinajstić information content (AvgIpc) is 2.46. The molecule has 1 aromatic carbocycles. The van der Waals surface area contributed by atoms with Gasteiger partial charge in [-0.1, -0.05) is 11.6 Å². The lowest BCUT2D eigenvalue weighted by Crippen LogP contribution is -2.26. The zero-order valence-corrected chi connectivity index (χ0v) is 13.3. The molecule has 0 aliphatic heterocycles. The van der Waals surface area contributed by atoms with Gasteiger partial charge in [0.2, 0.25) is 10.0 Å². The minimum Gasteiger partial charge on any atom is -0.368 e. The van der Waals surface area contributed by atoms with Crippen molar-refractivity contribution in [3.8, 4) is 0 Å². The topological polar surface area (TPSA) is 84.0 Å². The van der Waals surface area contributed by atoms with Gasteiger partial charge in [-0.3, -0.25) is 0 Å². The smallest absolute Gasteiger partial charge is 0.225 e. The number of fused-ring (bicyclic) bond motifs is 1. The molecular weight excluding hydrogens is 335 g/mol. The monoisotopic (exact) mass is 348 g/mol. The summed E-state index contributed by atoms with van der Waals surface area (Å²) in [6.07, 6.45) is 2.24. The number of alkyl halides is 1. The largest absolute Gasteiger partial charge is 0.368 e. The predicted molar refractivity (Wildman–Crippen MR) is 85.3 cm³/mol. The van der Waals surface area contributed by atoms with Gasteiger partial charge in [0, 0.05) is 28.9 Å². The van der Waals surface area contributed by atoms with Gasteiger partial charge in [0.15, 0.2) is 5.82 Å². The summed E-state index contributed by atoms with van der Waals surface area (Å²) in [4.78, 5) is 0. The van der Waals surface area contributed by atoms with E-state index in [2.05, 4.69) is 20.2 Å². The Balaban J connectivity index is 1.92. The lowest BCUT2D eigenvalue weighted by Gasteiger charge is -2.08. The molecule has 0 aliphatic carbocycles. The fourth-order valence-electron chi connectivity index (χ4n) is 1.75. The summed E-state index contributed by atoms with van der Waals surface area (Å²) in [5, 5.41) is 13.1. The van der Waals surface area contributed by atoms with Gasteiger partial charge in [-0.05, 0) is 24.6 Å². The van der Waals surface area contributed by atoms with E-state index < -0.39 is 15.2 Å². The van der Waals surface area contributed by atoms with Crippen LogP contribution in [0.15, 0.2) is 24.4 Å². The maximum absolute atomic E-state index is 11.1. The zero-order valence-electron chi connectivity index (χ0n) is 11.0. The molecule has 21 heavy (non-hydrogen) atoms. The van der Waals surface area contributed by atoms with Gasteiger partial charge in [0.1, 0.15) is 5.21 Å². The molecule has 1 aromatic heterocycles. The molecule has 0 spiro atoms. The highest BCUT2D eigenvalue weighted by Crippen LogP contribution is 2.23. The van der Waals surface area contributed by atoms with Crippen molar-refractivity contribution >= 4 is 49.8 Å². The summed E-state index contributed by atoms with van der Waals surface area (Å²) in [7, 11) is -3.36. The summed E-state index contributed by atoms with van der Waals surface area (Å²) in [5.74, 6) is 0.643. The second-order valence-corrected chi connectivity index (χ2v) is 7.15. The molecular formula is C12H14Cl2N4O2S. The van der Waals surface area contributed by atoms with Gasteiger partial charge in [0.05, 0.1) is 6.20 Å². The van der Waals surface area contributed by atoms with Gasteiger partial charge in [-0.15, -0.1) is 16.7 Å². The first kappa shape index (κ1) is 16.2. The van der Waals surface area contributed by atoms with Crippen LogP contribution < -0.4 is 10.0 Å². The van der Waals surface area contributed by atoms with Crippen molar-refractivity contribution < 1.29 is 8.42 Å². The van der Waals surface area contributed by atoms with E-state index in [1.54, 1.807) is 12.3 Å². The number of hydrogen-bond donors (Lipinski definition) is 2. The first-order valence-electron chi connectivity index (χ1n) is 6.20. The van der Waals surface area contributed by atoms with E-state index in [0.717, 1.165) is 10.8 Å². The van der Waals surface area contributed by atoms with Crippen molar-refractivity contribution in [2.24, 2.45) is 0 Å². The molecule has 0 saturated carbocycles. The number of halogens is 2. The second-order valence-electron chi connectivity index (χ2n) is 4.32. The van der Waals surface area contributed by atoms with E-state index in [-0.39, 0.29) is 0 Å². The minimum absolute atomic E-state index is 0.312. The molecule has 0 fully saturated rings. The summed E-state index contributed by atoms with van der Waals surface area (Å²) in [6, 6.07) is 5.46. The van der Waals surface area contributed by atoms with Crippen molar-refractivity contribution in [2.45, 2.75) is 6.42 Å². The predicted octanol–water partition coefficient (Wildman–Crippen LogP) is 2.20. The van der Waals surface area contributed by atoms with Crippen LogP contribution in [0.2, 0.25) is 5.02 Å². The Morgan fingerprint density at radius 1 is 1.24 bits per heavy atom. The molecule has 0 bridgehead atoms. The number of nitrogens with one attached hydrogen (secondary N) is 2.